The summed E-state index contributed by atoms with van der Waals surface area (Å²) in [6.07, 6.45) is 0. The molecule has 0 fully saturated rings. The monoisotopic (exact) mass is 301 g/mol. The molecule has 0 saturated carbocycles. The van der Waals surface area contributed by atoms with Gasteiger partial charge < -0.3 is 10.8 Å². The summed E-state index contributed by atoms with van der Waals surface area (Å²) in [7, 11) is 0. The van der Waals surface area contributed by atoms with E-state index in [0.29, 0.717) is 10.7 Å². The largest absolute Gasteiger partial charge is 0.505 e. The molecule has 0 saturated heterocycles. The molecule has 0 aliphatic carbocycles. The standard InChI is InChI=1S/C13H11N5O2S/c1-7-4-2-3-5-8(7)18-10(20)6-9(19)11(17-18)12-15-16-13(14)21-12/h2-6,19H,1H3,(H2,14,16). The first-order chi connectivity index (χ1) is 10.1. The smallest absolute Gasteiger partial charge is 0.275 e. The van der Waals surface area contributed by atoms with Crippen LogP contribution in [0.15, 0.2) is 35.1 Å². The molecule has 0 aliphatic rings. The molecule has 0 aliphatic heterocycles. The van der Waals surface area contributed by atoms with Crippen LogP contribution in [0.4, 0.5) is 5.13 Å². The second kappa shape index (κ2) is 4.98. The molecular formula is C13H11N5O2S. The molecule has 0 unspecified atom stereocenters. The van der Waals surface area contributed by atoms with E-state index in [2.05, 4.69) is 15.3 Å². The fourth-order valence-corrected chi connectivity index (χ4v) is 2.51. The van der Waals surface area contributed by atoms with E-state index >= 15 is 0 Å². The van der Waals surface area contributed by atoms with E-state index in [1.54, 1.807) is 6.07 Å². The molecule has 0 amide bonds. The third-order valence-electron chi connectivity index (χ3n) is 2.90. The van der Waals surface area contributed by atoms with Crippen molar-refractivity contribution in [3.63, 3.8) is 0 Å². The lowest BCUT2D eigenvalue weighted by Gasteiger charge is -2.09. The summed E-state index contributed by atoms with van der Waals surface area (Å²) in [5, 5.41) is 22.3. The van der Waals surface area contributed by atoms with Crippen LogP contribution >= 0.6 is 11.3 Å². The molecule has 3 rings (SSSR count). The van der Waals surface area contributed by atoms with Crippen LogP contribution in [0.2, 0.25) is 0 Å². The molecule has 0 bridgehead atoms. The third kappa shape index (κ3) is 2.36. The topological polar surface area (TPSA) is 107 Å². The minimum absolute atomic E-state index is 0.173. The van der Waals surface area contributed by atoms with E-state index in [9.17, 15) is 9.90 Å². The van der Waals surface area contributed by atoms with Crippen molar-refractivity contribution in [3.05, 3.63) is 46.2 Å². The van der Waals surface area contributed by atoms with Gasteiger partial charge in [0.25, 0.3) is 5.56 Å². The van der Waals surface area contributed by atoms with Gasteiger partial charge in [-0.3, -0.25) is 4.79 Å². The number of hydrogen-bond acceptors (Lipinski definition) is 7. The highest BCUT2D eigenvalue weighted by atomic mass is 32.1. The minimum atomic E-state index is -0.428. The average molecular weight is 301 g/mol. The van der Waals surface area contributed by atoms with Crippen molar-refractivity contribution in [2.75, 3.05) is 5.73 Å². The molecule has 8 heteroatoms. The summed E-state index contributed by atoms with van der Waals surface area (Å²) in [5.74, 6) is -0.249. The van der Waals surface area contributed by atoms with Gasteiger partial charge in [0.05, 0.1) is 5.69 Å². The van der Waals surface area contributed by atoms with Crippen LogP contribution in [-0.4, -0.2) is 25.1 Å². The maximum Gasteiger partial charge on any atom is 0.275 e. The Morgan fingerprint density at radius 1 is 1.29 bits per heavy atom. The summed E-state index contributed by atoms with van der Waals surface area (Å²) < 4.78 is 1.22. The lowest BCUT2D eigenvalue weighted by Crippen LogP contribution is -2.21. The van der Waals surface area contributed by atoms with Gasteiger partial charge >= 0.3 is 0 Å². The van der Waals surface area contributed by atoms with Crippen molar-refractivity contribution in [1.29, 1.82) is 0 Å². The first kappa shape index (κ1) is 13.3. The van der Waals surface area contributed by atoms with Gasteiger partial charge in [0, 0.05) is 6.07 Å². The Labute approximate surface area is 123 Å². The van der Waals surface area contributed by atoms with Crippen molar-refractivity contribution < 1.29 is 5.11 Å². The van der Waals surface area contributed by atoms with E-state index < -0.39 is 5.56 Å². The van der Waals surface area contributed by atoms with Crippen LogP contribution < -0.4 is 11.3 Å². The summed E-state index contributed by atoms with van der Waals surface area (Å²) in [4.78, 5) is 12.1. The second-order valence-corrected chi connectivity index (χ2v) is 5.37. The number of benzene rings is 1. The predicted molar refractivity (Wildman–Crippen MR) is 79.6 cm³/mol. The number of rotatable bonds is 2. The molecule has 2 aromatic heterocycles. The Morgan fingerprint density at radius 3 is 2.71 bits per heavy atom. The normalized spacial score (nSPS) is 10.7. The van der Waals surface area contributed by atoms with Crippen molar-refractivity contribution in [2.24, 2.45) is 0 Å². The molecule has 3 aromatic rings. The molecule has 3 N–H and O–H groups in total. The fourth-order valence-electron chi connectivity index (χ4n) is 1.90. The molecule has 21 heavy (non-hydrogen) atoms. The number of para-hydroxylation sites is 1. The Bertz CT molecular complexity index is 871. The highest BCUT2D eigenvalue weighted by molar-refractivity contribution is 7.18. The average Bonchev–Trinajstić information content (AvgIpc) is 2.86. The van der Waals surface area contributed by atoms with Gasteiger partial charge in [-0.15, -0.1) is 10.2 Å². The van der Waals surface area contributed by atoms with Crippen LogP contribution in [0.5, 0.6) is 5.75 Å². The van der Waals surface area contributed by atoms with Gasteiger partial charge in [0.15, 0.2) is 16.5 Å². The molecule has 1 aromatic carbocycles. The molecule has 0 radical (unpaired) electrons. The highest BCUT2D eigenvalue weighted by Gasteiger charge is 2.16. The predicted octanol–water partition coefficient (Wildman–Crippen LogP) is 1.35. The second-order valence-electron chi connectivity index (χ2n) is 4.36. The number of hydrogen-bond donors (Lipinski definition) is 2. The van der Waals surface area contributed by atoms with Crippen LogP contribution in [0.1, 0.15) is 5.56 Å². The first-order valence-corrected chi connectivity index (χ1v) is 6.86. The van der Waals surface area contributed by atoms with Gasteiger partial charge in [-0.05, 0) is 18.6 Å². The zero-order valence-electron chi connectivity index (χ0n) is 11.0. The number of anilines is 1. The number of aromatic nitrogens is 4. The summed E-state index contributed by atoms with van der Waals surface area (Å²) in [5.41, 5.74) is 6.81. The maximum atomic E-state index is 12.1. The van der Waals surface area contributed by atoms with Gasteiger partial charge in [-0.2, -0.15) is 9.78 Å². The van der Waals surface area contributed by atoms with E-state index in [-0.39, 0.29) is 16.6 Å². The van der Waals surface area contributed by atoms with Crippen LogP contribution in [0.3, 0.4) is 0 Å². The zero-order chi connectivity index (χ0) is 15.0. The summed E-state index contributed by atoms with van der Waals surface area (Å²) in [6, 6.07) is 8.44. The van der Waals surface area contributed by atoms with Crippen molar-refractivity contribution >= 4 is 16.5 Å². The molecule has 0 atom stereocenters. The molecule has 106 valence electrons. The van der Waals surface area contributed by atoms with E-state index in [0.717, 1.165) is 23.0 Å². The van der Waals surface area contributed by atoms with Crippen molar-refractivity contribution in [3.8, 4) is 22.1 Å². The lowest BCUT2D eigenvalue weighted by molar-refractivity contribution is 0.469. The van der Waals surface area contributed by atoms with Crippen LogP contribution in [0.25, 0.3) is 16.4 Å². The Morgan fingerprint density at radius 2 is 2.05 bits per heavy atom. The van der Waals surface area contributed by atoms with Gasteiger partial charge in [-0.1, -0.05) is 29.5 Å². The number of nitrogens with zero attached hydrogens (tertiary/aromatic N) is 4. The molecular weight excluding hydrogens is 290 g/mol. The van der Waals surface area contributed by atoms with Crippen LogP contribution in [0, 0.1) is 6.92 Å². The maximum absolute atomic E-state index is 12.1. The van der Waals surface area contributed by atoms with Crippen molar-refractivity contribution in [2.45, 2.75) is 6.92 Å². The van der Waals surface area contributed by atoms with E-state index in [4.69, 9.17) is 5.73 Å². The van der Waals surface area contributed by atoms with Crippen LogP contribution in [-0.2, 0) is 0 Å². The molecule has 2 heterocycles. The Kier molecular flexibility index (Phi) is 3.15. The zero-order valence-corrected chi connectivity index (χ0v) is 11.8. The summed E-state index contributed by atoms with van der Waals surface area (Å²) >= 11 is 1.09. The van der Waals surface area contributed by atoms with Gasteiger partial charge in [0.1, 0.15) is 0 Å². The van der Waals surface area contributed by atoms with Crippen molar-refractivity contribution in [1.82, 2.24) is 20.0 Å². The van der Waals surface area contributed by atoms with E-state index in [1.165, 1.54) is 4.68 Å². The number of nitrogen functional groups attached to an aromatic ring is 1. The third-order valence-corrected chi connectivity index (χ3v) is 3.66. The number of nitrogens with two attached hydrogens (primary N) is 1. The Hall–Kier alpha value is -2.74. The fraction of sp³-hybridized carbons (Fsp3) is 0.0769. The van der Waals surface area contributed by atoms with Gasteiger partial charge in [0.2, 0.25) is 5.13 Å². The highest BCUT2D eigenvalue weighted by Crippen LogP contribution is 2.29. The SMILES string of the molecule is Cc1ccccc1-n1nc(-c2nnc(N)s2)c(O)cc1=O. The Balaban J connectivity index is 2.24. The van der Waals surface area contributed by atoms with E-state index in [1.807, 2.05) is 25.1 Å². The first-order valence-electron chi connectivity index (χ1n) is 6.05. The minimum Gasteiger partial charge on any atom is -0.505 e. The summed E-state index contributed by atoms with van der Waals surface area (Å²) in [6.45, 7) is 1.87. The number of aromatic hydroxyl groups is 1. The molecule has 7 nitrogen and oxygen atoms in total. The quantitative estimate of drug-likeness (QED) is 0.740. The molecule has 0 spiro atoms. The van der Waals surface area contributed by atoms with Gasteiger partial charge in [-0.25, -0.2) is 0 Å². The lowest BCUT2D eigenvalue weighted by atomic mass is 10.2. The number of aryl methyl sites for hydroxylation is 1.